The molecule has 1 unspecified atom stereocenters. The van der Waals surface area contributed by atoms with Gasteiger partial charge in [-0.25, -0.2) is 4.98 Å². The Kier molecular flexibility index (Phi) is 4.52. The maximum Gasteiger partial charge on any atom is 0.254 e. The molecule has 20 heavy (non-hydrogen) atoms. The summed E-state index contributed by atoms with van der Waals surface area (Å²) in [4.78, 5) is 27.1. The van der Waals surface area contributed by atoms with Gasteiger partial charge in [-0.05, 0) is 25.5 Å². The SMILES string of the molecule is COc1ncc(NC(=O)CC2CCCN2)cc1C(N)=O. The van der Waals surface area contributed by atoms with Crippen LogP contribution in [0.4, 0.5) is 5.69 Å². The Morgan fingerprint density at radius 3 is 3.00 bits per heavy atom. The molecule has 7 heteroatoms. The molecule has 0 aromatic carbocycles. The van der Waals surface area contributed by atoms with Gasteiger partial charge in [-0.15, -0.1) is 0 Å². The number of nitrogens with zero attached hydrogens (tertiary/aromatic N) is 1. The highest BCUT2D eigenvalue weighted by Gasteiger charge is 2.18. The molecule has 1 atom stereocenters. The van der Waals surface area contributed by atoms with Crippen molar-refractivity contribution < 1.29 is 14.3 Å². The van der Waals surface area contributed by atoms with Crippen molar-refractivity contribution in [2.75, 3.05) is 19.0 Å². The molecule has 108 valence electrons. The number of nitrogens with two attached hydrogens (primary N) is 1. The lowest BCUT2D eigenvalue weighted by Gasteiger charge is -2.11. The number of carbonyl (C=O) groups excluding carboxylic acids is 2. The molecule has 0 aliphatic carbocycles. The summed E-state index contributed by atoms with van der Waals surface area (Å²) in [5.41, 5.74) is 5.82. The molecule has 2 heterocycles. The zero-order valence-corrected chi connectivity index (χ0v) is 11.3. The van der Waals surface area contributed by atoms with Gasteiger partial charge in [0.2, 0.25) is 11.8 Å². The third kappa shape index (κ3) is 3.45. The number of primary amides is 1. The Hall–Kier alpha value is -2.15. The maximum atomic E-state index is 11.9. The van der Waals surface area contributed by atoms with E-state index in [1.807, 2.05) is 0 Å². The fourth-order valence-electron chi connectivity index (χ4n) is 2.23. The van der Waals surface area contributed by atoms with Gasteiger partial charge < -0.3 is 21.1 Å². The summed E-state index contributed by atoms with van der Waals surface area (Å²) in [6.45, 7) is 0.952. The van der Waals surface area contributed by atoms with Crippen molar-refractivity contribution in [3.63, 3.8) is 0 Å². The Balaban J connectivity index is 2.03. The zero-order chi connectivity index (χ0) is 14.5. The normalized spacial score (nSPS) is 17.8. The molecule has 1 fully saturated rings. The lowest BCUT2D eigenvalue weighted by molar-refractivity contribution is -0.116. The number of ether oxygens (including phenoxy) is 1. The molecule has 1 aliphatic heterocycles. The summed E-state index contributed by atoms with van der Waals surface area (Å²) in [5.74, 6) is -0.623. The van der Waals surface area contributed by atoms with Gasteiger partial charge in [0, 0.05) is 12.5 Å². The van der Waals surface area contributed by atoms with Crippen LogP contribution in [0.2, 0.25) is 0 Å². The summed E-state index contributed by atoms with van der Waals surface area (Å²) in [6, 6.07) is 1.69. The number of methoxy groups -OCH3 is 1. The lowest BCUT2D eigenvalue weighted by Crippen LogP contribution is -2.27. The van der Waals surface area contributed by atoms with Crippen molar-refractivity contribution in [3.05, 3.63) is 17.8 Å². The van der Waals surface area contributed by atoms with E-state index in [1.165, 1.54) is 19.4 Å². The van der Waals surface area contributed by atoms with E-state index in [9.17, 15) is 9.59 Å². The van der Waals surface area contributed by atoms with Crippen LogP contribution in [0.3, 0.4) is 0 Å². The van der Waals surface area contributed by atoms with Crippen LogP contribution in [0.5, 0.6) is 5.88 Å². The molecule has 0 bridgehead atoms. The van der Waals surface area contributed by atoms with Crippen molar-refractivity contribution in [2.24, 2.45) is 5.73 Å². The van der Waals surface area contributed by atoms with Crippen molar-refractivity contribution in [2.45, 2.75) is 25.3 Å². The smallest absolute Gasteiger partial charge is 0.254 e. The molecule has 0 spiro atoms. The van der Waals surface area contributed by atoms with Crippen LogP contribution in [0.25, 0.3) is 0 Å². The second-order valence-corrected chi connectivity index (χ2v) is 4.69. The van der Waals surface area contributed by atoms with Gasteiger partial charge in [0.05, 0.1) is 19.0 Å². The second kappa shape index (κ2) is 6.33. The first-order chi connectivity index (χ1) is 9.60. The molecule has 1 aromatic rings. The Morgan fingerprint density at radius 2 is 2.40 bits per heavy atom. The molecular weight excluding hydrogens is 260 g/mol. The fourth-order valence-corrected chi connectivity index (χ4v) is 2.23. The van der Waals surface area contributed by atoms with Crippen molar-refractivity contribution >= 4 is 17.5 Å². The second-order valence-electron chi connectivity index (χ2n) is 4.69. The van der Waals surface area contributed by atoms with Crippen LogP contribution < -0.4 is 21.1 Å². The number of amides is 2. The van der Waals surface area contributed by atoms with Gasteiger partial charge >= 0.3 is 0 Å². The van der Waals surface area contributed by atoms with Crippen LogP contribution in [0.15, 0.2) is 12.3 Å². The molecule has 0 saturated carbocycles. The largest absolute Gasteiger partial charge is 0.480 e. The van der Waals surface area contributed by atoms with Crippen LogP contribution in [-0.2, 0) is 4.79 Å². The summed E-state index contributed by atoms with van der Waals surface area (Å²) in [6.07, 6.45) is 3.93. The van der Waals surface area contributed by atoms with E-state index in [0.717, 1.165) is 19.4 Å². The molecule has 2 rings (SSSR count). The number of pyridine rings is 1. The van der Waals surface area contributed by atoms with E-state index in [1.54, 1.807) is 0 Å². The van der Waals surface area contributed by atoms with Gasteiger partial charge in [-0.1, -0.05) is 0 Å². The number of aromatic nitrogens is 1. The van der Waals surface area contributed by atoms with E-state index in [0.29, 0.717) is 12.1 Å². The highest BCUT2D eigenvalue weighted by atomic mass is 16.5. The number of carbonyl (C=O) groups is 2. The van der Waals surface area contributed by atoms with E-state index >= 15 is 0 Å². The first kappa shape index (κ1) is 14.3. The Morgan fingerprint density at radius 1 is 1.60 bits per heavy atom. The predicted octanol–water partition coefficient (Wildman–Crippen LogP) is 0.270. The number of nitrogens with one attached hydrogen (secondary N) is 2. The van der Waals surface area contributed by atoms with Crippen LogP contribution in [-0.4, -0.2) is 36.5 Å². The minimum atomic E-state index is -0.650. The van der Waals surface area contributed by atoms with E-state index in [4.69, 9.17) is 10.5 Å². The van der Waals surface area contributed by atoms with Crippen LogP contribution >= 0.6 is 0 Å². The number of anilines is 1. The number of hydrogen-bond acceptors (Lipinski definition) is 5. The molecule has 0 radical (unpaired) electrons. The highest BCUT2D eigenvalue weighted by molar-refractivity contribution is 5.97. The van der Waals surface area contributed by atoms with E-state index in [-0.39, 0.29) is 23.4 Å². The number of hydrogen-bond donors (Lipinski definition) is 3. The molecule has 1 aliphatic rings. The molecule has 1 aromatic heterocycles. The van der Waals surface area contributed by atoms with Gasteiger partial charge in [0.25, 0.3) is 5.91 Å². The standard InChI is InChI=1S/C13H18N4O3/c1-20-13-10(12(14)19)5-9(7-16-13)17-11(18)6-8-3-2-4-15-8/h5,7-8,15H,2-4,6H2,1H3,(H2,14,19)(H,17,18). The van der Waals surface area contributed by atoms with E-state index in [2.05, 4.69) is 15.6 Å². The van der Waals surface area contributed by atoms with Crippen molar-refractivity contribution in [1.82, 2.24) is 10.3 Å². The predicted molar refractivity (Wildman–Crippen MR) is 73.6 cm³/mol. The topological polar surface area (TPSA) is 106 Å². The Bertz CT molecular complexity index is 512. The third-order valence-corrected chi connectivity index (χ3v) is 3.19. The maximum absolute atomic E-state index is 11.9. The summed E-state index contributed by atoms with van der Waals surface area (Å²) in [7, 11) is 1.40. The van der Waals surface area contributed by atoms with Gasteiger partial charge in [-0.2, -0.15) is 0 Å². The summed E-state index contributed by atoms with van der Waals surface area (Å²) < 4.78 is 4.94. The van der Waals surface area contributed by atoms with Crippen molar-refractivity contribution in [1.29, 1.82) is 0 Å². The molecule has 1 saturated heterocycles. The quantitative estimate of drug-likeness (QED) is 0.716. The molecule has 2 amide bonds. The monoisotopic (exact) mass is 278 g/mol. The average molecular weight is 278 g/mol. The highest BCUT2D eigenvalue weighted by Crippen LogP contribution is 2.19. The summed E-state index contributed by atoms with van der Waals surface area (Å²) >= 11 is 0. The van der Waals surface area contributed by atoms with E-state index < -0.39 is 5.91 Å². The van der Waals surface area contributed by atoms with Crippen molar-refractivity contribution in [3.8, 4) is 5.88 Å². The molecule has 7 nitrogen and oxygen atoms in total. The fraction of sp³-hybridized carbons (Fsp3) is 0.462. The van der Waals surface area contributed by atoms with Gasteiger partial charge in [0.1, 0.15) is 5.56 Å². The van der Waals surface area contributed by atoms with Crippen LogP contribution in [0.1, 0.15) is 29.6 Å². The Labute approximate surface area is 116 Å². The molecular formula is C13H18N4O3. The zero-order valence-electron chi connectivity index (χ0n) is 11.3. The van der Waals surface area contributed by atoms with Gasteiger partial charge in [-0.3, -0.25) is 9.59 Å². The van der Waals surface area contributed by atoms with Crippen LogP contribution in [0, 0.1) is 0 Å². The lowest BCUT2D eigenvalue weighted by atomic mass is 10.1. The average Bonchev–Trinajstić information content (AvgIpc) is 2.91. The number of rotatable bonds is 5. The first-order valence-electron chi connectivity index (χ1n) is 6.47. The molecule has 4 N–H and O–H groups in total. The van der Waals surface area contributed by atoms with Gasteiger partial charge in [0.15, 0.2) is 0 Å². The minimum absolute atomic E-state index is 0.119. The summed E-state index contributed by atoms with van der Waals surface area (Å²) in [5, 5.41) is 5.96. The first-order valence-corrected chi connectivity index (χ1v) is 6.47. The third-order valence-electron chi connectivity index (χ3n) is 3.19. The minimum Gasteiger partial charge on any atom is -0.480 e.